The molecule has 274 valence electrons. The Morgan fingerprint density at radius 1 is 1.16 bits per heavy atom. The number of fused-ring (bicyclic) bond motifs is 3. The smallest absolute Gasteiger partial charge is 0.335 e. The number of quaternary nitrogens is 1. The van der Waals surface area contributed by atoms with Crippen LogP contribution in [0.5, 0.6) is 0 Å². The number of allylic oxidation sites excluding steroid dienone is 3. The minimum absolute atomic E-state index is 0.185. The molecule has 12 atom stereocenters. The van der Waals surface area contributed by atoms with Gasteiger partial charge in [0.1, 0.15) is 30.0 Å². The average Bonchev–Trinajstić information content (AvgIpc) is 3.71. The van der Waals surface area contributed by atoms with Gasteiger partial charge in [0.05, 0.1) is 38.7 Å². The molecule has 0 aromatic carbocycles. The van der Waals surface area contributed by atoms with E-state index in [1.807, 2.05) is 32.9 Å². The summed E-state index contributed by atoms with van der Waals surface area (Å²) in [6.07, 6.45) is 9.29. The van der Waals surface area contributed by atoms with Crippen molar-refractivity contribution in [2.75, 3.05) is 52.9 Å². The normalized spacial score (nSPS) is 44.8. The lowest BCUT2D eigenvalue weighted by molar-refractivity contribution is -0.941. The van der Waals surface area contributed by atoms with Crippen LogP contribution < -0.4 is 0 Å². The number of carbonyl (C=O) groups is 3. The van der Waals surface area contributed by atoms with Gasteiger partial charge in [-0.3, -0.25) is 9.69 Å². The lowest BCUT2D eigenvalue weighted by atomic mass is 9.57. The van der Waals surface area contributed by atoms with E-state index in [4.69, 9.17) is 23.7 Å². The molecule has 8 aliphatic rings. The van der Waals surface area contributed by atoms with E-state index in [-0.39, 0.29) is 47.9 Å². The quantitative estimate of drug-likeness (QED) is 0.167. The summed E-state index contributed by atoms with van der Waals surface area (Å²) in [5.41, 5.74) is 0.526. The van der Waals surface area contributed by atoms with Crippen LogP contribution in [0.3, 0.4) is 0 Å². The maximum atomic E-state index is 13.7. The summed E-state index contributed by atoms with van der Waals surface area (Å²) in [7, 11) is 1.49. The Morgan fingerprint density at radius 3 is 2.58 bits per heavy atom. The lowest BCUT2D eigenvalue weighted by Crippen LogP contribution is -2.67. The van der Waals surface area contributed by atoms with Crippen LogP contribution in [-0.2, 0) is 38.1 Å². The molecule has 1 N–H and O–H groups in total. The number of aliphatic hydroxyl groups is 1. The predicted octanol–water partition coefficient (Wildman–Crippen LogP) is 3.12. The van der Waals surface area contributed by atoms with Crippen LogP contribution in [0, 0.1) is 29.6 Å². The second-order valence-electron chi connectivity index (χ2n) is 16.0. The number of ether oxygens (including phenoxy) is 5. The fourth-order valence-corrected chi connectivity index (χ4v) is 10.2. The SMILES string of the molecule is CO[C@H]1C[C@H]2C=C[C@H]3[C@H]4O[C@]2(/C(C)=C/[C@@H](C)[C@@H]([C@@H](C)OC(=O)CCC[N+]25CCN(CC2)CC5)OC1=O)[C@@H]3[C@H](O)[C@@H](C)[C@H]4OC(=O)C1=CC=CC1. The van der Waals surface area contributed by atoms with Crippen molar-refractivity contribution in [1.82, 2.24) is 4.90 Å². The largest absolute Gasteiger partial charge is 0.459 e. The summed E-state index contributed by atoms with van der Waals surface area (Å²) in [5, 5.41) is 12.0. The molecule has 0 aromatic heterocycles. The van der Waals surface area contributed by atoms with Crippen molar-refractivity contribution < 1.29 is 47.7 Å². The maximum Gasteiger partial charge on any atom is 0.335 e. The minimum Gasteiger partial charge on any atom is -0.459 e. The van der Waals surface area contributed by atoms with E-state index in [0.717, 1.165) is 62.3 Å². The molecule has 5 aliphatic heterocycles. The van der Waals surface area contributed by atoms with Gasteiger partial charge in [-0.05, 0) is 32.3 Å². The highest BCUT2D eigenvalue weighted by atomic mass is 16.6. The number of hydrogen-bond donors (Lipinski definition) is 1. The fraction of sp³-hybridized carbons (Fsp3) is 0.718. The molecule has 5 fully saturated rings. The first-order valence-electron chi connectivity index (χ1n) is 18.8. The Morgan fingerprint density at radius 2 is 1.90 bits per heavy atom. The third-order valence-corrected chi connectivity index (χ3v) is 13.1. The van der Waals surface area contributed by atoms with Crippen LogP contribution in [0.1, 0.15) is 53.4 Å². The molecule has 3 aliphatic carbocycles. The molecule has 5 heterocycles. The number of hydrogen-bond acceptors (Lipinski definition) is 10. The maximum absolute atomic E-state index is 13.7. The van der Waals surface area contributed by atoms with Crippen LogP contribution in [0.25, 0.3) is 0 Å². The van der Waals surface area contributed by atoms with Crippen LogP contribution >= 0.6 is 0 Å². The van der Waals surface area contributed by atoms with Gasteiger partial charge in [0.15, 0.2) is 6.10 Å². The average molecular weight is 696 g/mol. The Kier molecular flexibility index (Phi) is 9.92. The number of rotatable bonds is 9. The molecule has 8 rings (SSSR count). The zero-order chi connectivity index (χ0) is 35.4. The fourth-order valence-electron chi connectivity index (χ4n) is 10.2. The van der Waals surface area contributed by atoms with E-state index in [0.29, 0.717) is 18.4 Å². The molecule has 0 radical (unpaired) electrons. The van der Waals surface area contributed by atoms with Gasteiger partial charge in [-0.15, -0.1) is 0 Å². The summed E-state index contributed by atoms with van der Waals surface area (Å²) < 4.78 is 32.1. The first-order chi connectivity index (χ1) is 24.0. The van der Waals surface area contributed by atoms with E-state index in [1.54, 1.807) is 13.0 Å². The van der Waals surface area contributed by atoms with Crippen LogP contribution in [0.15, 0.2) is 47.6 Å². The number of esters is 3. The number of aliphatic hydroxyl groups excluding tert-OH is 1. The summed E-state index contributed by atoms with van der Waals surface area (Å²) in [4.78, 5) is 42.6. The topological polar surface area (TPSA) is 121 Å². The van der Waals surface area contributed by atoms with E-state index >= 15 is 0 Å². The highest BCUT2D eigenvalue weighted by Crippen LogP contribution is 2.61. The summed E-state index contributed by atoms with van der Waals surface area (Å²) in [6.45, 7) is 15.5. The van der Waals surface area contributed by atoms with Crippen molar-refractivity contribution in [3.05, 3.63) is 47.6 Å². The summed E-state index contributed by atoms with van der Waals surface area (Å²) >= 11 is 0. The van der Waals surface area contributed by atoms with E-state index in [9.17, 15) is 19.5 Å². The lowest BCUT2D eigenvalue weighted by Gasteiger charge is -2.50. The van der Waals surface area contributed by atoms with Crippen molar-refractivity contribution in [2.45, 2.75) is 95.6 Å². The molecule has 11 nitrogen and oxygen atoms in total. The zero-order valence-electron chi connectivity index (χ0n) is 30.2. The molecular weight excluding hydrogens is 640 g/mol. The minimum atomic E-state index is -0.965. The Balaban J connectivity index is 1.11. The molecule has 1 saturated carbocycles. The Labute approximate surface area is 295 Å². The Bertz CT molecular complexity index is 1450. The molecular formula is C39H55N2O9+. The monoisotopic (exact) mass is 695 g/mol. The van der Waals surface area contributed by atoms with Gasteiger partial charge in [0.2, 0.25) is 0 Å². The molecule has 1 spiro atoms. The van der Waals surface area contributed by atoms with Crippen molar-refractivity contribution >= 4 is 17.9 Å². The molecule has 4 saturated heterocycles. The predicted molar refractivity (Wildman–Crippen MR) is 183 cm³/mol. The Hall–Kier alpha value is -2.83. The summed E-state index contributed by atoms with van der Waals surface area (Å²) in [6, 6.07) is 0. The molecule has 6 bridgehead atoms. The highest BCUT2D eigenvalue weighted by Gasteiger charge is 2.69. The standard InChI is InChI=1S/C39H55N2O9/c1-23-21-24(2)39-28(12-13-29-32(39)33(43)25(3)35(36(29)50-39)49-37(44)27-9-6-7-10-27)22-30(46-5)38(45)48-34(23)26(4)47-31(42)11-8-17-41-18-14-40(15-19-41)16-20-41/h6-7,9,12-13,21,23,25-26,28-30,32-36,43H,8,10-11,14-20,22H2,1-5H3/q+1/b24-21+/t23-,25-,26-,28-,29-,30+,32+,33-,34+,35-,36-,39+/m1/s1. The number of piperazine rings is 3. The molecule has 0 aromatic rings. The number of cyclic esters (lactones) is 1. The number of carbonyl (C=O) groups excluding carboxylic acids is 3. The van der Waals surface area contributed by atoms with Gasteiger partial charge in [-0.1, -0.05) is 50.3 Å². The van der Waals surface area contributed by atoms with Crippen molar-refractivity contribution in [1.29, 1.82) is 0 Å². The second kappa shape index (κ2) is 14.0. The highest BCUT2D eigenvalue weighted by molar-refractivity contribution is 5.90. The summed E-state index contributed by atoms with van der Waals surface area (Å²) in [5.74, 6) is -2.74. The van der Waals surface area contributed by atoms with E-state index in [1.165, 1.54) is 7.11 Å². The third kappa shape index (κ3) is 6.21. The molecule has 11 heteroatoms. The van der Waals surface area contributed by atoms with Crippen molar-refractivity contribution in [3.8, 4) is 0 Å². The molecule has 0 amide bonds. The zero-order valence-corrected chi connectivity index (χ0v) is 30.2. The van der Waals surface area contributed by atoms with Gasteiger partial charge < -0.3 is 33.3 Å². The van der Waals surface area contributed by atoms with Crippen LogP contribution in [-0.4, -0.2) is 128 Å². The van der Waals surface area contributed by atoms with Gasteiger partial charge in [-0.2, -0.15) is 0 Å². The second-order valence-corrected chi connectivity index (χ2v) is 16.0. The number of nitrogens with zero attached hydrogens (tertiary/aromatic N) is 2. The molecule has 50 heavy (non-hydrogen) atoms. The van der Waals surface area contributed by atoms with Gasteiger partial charge in [-0.25, -0.2) is 9.59 Å². The third-order valence-electron chi connectivity index (χ3n) is 13.1. The van der Waals surface area contributed by atoms with E-state index < -0.39 is 48.2 Å². The van der Waals surface area contributed by atoms with Crippen molar-refractivity contribution in [3.63, 3.8) is 0 Å². The van der Waals surface area contributed by atoms with Crippen molar-refractivity contribution in [2.24, 2.45) is 29.6 Å². The molecule has 0 unspecified atom stereocenters. The first-order valence-corrected chi connectivity index (χ1v) is 18.8. The first kappa shape index (κ1) is 35.6. The van der Waals surface area contributed by atoms with E-state index in [2.05, 4.69) is 23.1 Å². The van der Waals surface area contributed by atoms with Gasteiger partial charge in [0, 0.05) is 68.3 Å². The van der Waals surface area contributed by atoms with Crippen LogP contribution in [0.4, 0.5) is 0 Å². The van der Waals surface area contributed by atoms with Gasteiger partial charge in [0.25, 0.3) is 0 Å². The number of methoxy groups -OCH3 is 1. The van der Waals surface area contributed by atoms with Crippen LogP contribution in [0.2, 0.25) is 0 Å². The van der Waals surface area contributed by atoms with Gasteiger partial charge >= 0.3 is 17.9 Å².